The molecular formula is C23H24N6O3. The Morgan fingerprint density at radius 1 is 1.25 bits per heavy atom. The fraction of sp³-hybridized carbons (Fsp3) is 0.304. The summed E-state index contributed by atoms with van der Waals surface area (Å²) >= 11 is 0. The second-order valence-corrected chi connectivity index (χ2v) is 7.81. The van der Waals surface area contributed by atoms with E-state index in [0.717, 1.165) is 18.4 Å². The largest absolute Gasteiger partial charge is 0.451 e. The molecule has 32 heavy (non-hydrogen) atoms. The Hall–Kier alpha value is -3.72. The van der Waals surface area contributed by atoms with E-state index in [9.17, 15) is 4.79 Å². The zero-order chi connectivity index (χ0) is 22.1. The molecule has 4 aromatic rings. The third-order valence-corrected chi connectivity index (χ3v) is 5.55. The van der Waals surface area contributed by atoms with Crippen LogP contribution in [0.2, 0.25) is 0 Å². The van der Waals surface area contributed by atoms with Crippen LogP contribution >= 0.6 is 0 Å². The van der Waals surface area contributed by atoms with Gasteiger partial charge in [-0.15, -0.1) is 0 Å². The maximum absolute atomic E-state index is 12.9. The molecule has 0 radical (unpaired) electrons. The molecule has 1 saturated carbocycles. The molecule has 1 aliphatic carbocycles. The second-order valence-electron chi connectivity index (χ2n) is 7.81. The van der Waals surface area contributed by atoms with Crippen LogP contribution in [0.3, 0.4) is 0 Å². The van der Waals surface area contributed by atoms with Crippen molar-refractivity contribution >= 4 is 11.6 Å². The van der Waals surface area contributed by atoms with Crippen molar-refractivity contribution in [3.8, 4) is 22.7 Å². The first-order valence-electron chi connectivity index (χ1n) is 10.6. The van der Waals surface area contributed by atoms with E-state index in [1.807, 2.05) is 49.2 Å². The number of aromatic nitrogens is 5. The third-order valence-electron chi connectivity index (χ3n) is 5.55. The van der Waals surface area contributed by atoms with E-state index in [1.54, 1.807) is 29.2 Å². The van der Waals surface area contributed by atoms with Crippen molar-refractivity contribution < 1.29 is 13.9 Å². The molecule has 4 aromatic heterocycles. The van der Waals surface area contributed by atoms with Crippen LogP contribution in [0.1, 0.15) is 36.4 Å². The first kappa shape index (κ1) is 20.2. The van der Waals surface area contributed by atoms with E-state index in [2.05, 4.69) is 15.4 Å². The van der Waals surface area contributed by atoms with Crippen molar-refractivity contribution in [1.82, 2.24) is 24.5 Å². The van der Waals surface area contributed by atoms with Crippen molar-refractivity contribution in [2.24, 2.45) is 7.05 Å². The van der Waals surface area contributed by atoms with Crippen LogP contribution in [0.5, 0.6) is 0 Å². The smallest absolute Gasteiger partial charge is 0.291 e. The Balaban J connectivity index is 1.38. The van der Waals surface area contributed by atoms with Gasteiger partial charge in [-0.05, 0) is 44.0 Å². The predicted molar refractivity (Wildman–Crippen MR) is 118 cm³/mol. The van der Waals surface area contributed by atoms with Gasteiger partial charge in [-0.1, -0.05) is 6.07 Å². The van der Waals surface area contributed by atoms with E-state index in [0.29, 0.717) is 29.4 Å². The van der Waals surface area contributed by atoms with Gasteiger partial charge in [-0.2, -0.15) is 10.2 Å². The number of aryl methyl sites for hydroxylation is 1. The van der Waals surface area contributed by atoms with Crippen molar-refractivity contribution in [2.45, 2.75) is 31.9 Å². The topological polar surface area (TPSA) is 100 Å². The van der Waals surface area contributed by atoms with Gasteiger partial charge in [0.2, 0.25) is 0 Å². The van der Waals surface area contributed by atoms with Gasteiger partial charge in [0.25, 0.3) is 5.91 Å². The van der Waals surface area contributed by atoms with Gasteiger partial charge in [-0.3, -0.25) is 19.1 Å². The minimum absolute atomic E-state index is 0.212. The number of ether oxygens (including phenoxy) is 1. The number of nitrogens with zero attached hydrogens (tertiary/aromatic N) is 5. The molecule has 1 fully saturated rings. The monoisotopic (exact) mass is 432 g/mol. The lowest BCUT2D eigenvalue weighted by atomic mass is 9.89. The van der Waals surface area contributed by atoms with Crippen LogP contribution in [-0.4, -0.2) is 43.2 Å². The molecule has 1 N–H and O–H groups in total. The molecule has 1 aliphatic rings. The van der Waals surface area contributed by atoms with Crippen LogP contribution in [0.4, 0.5) is 5.69 Å². The van der Waals surface area contributed by atoms with Crippen LogP contribution in [0, 0.1) is 0 Å². The number of carbonyl (C=O) groups excluding carboxylic acids is 1. The number of nitrogens with one attached hydrogen (secondary N) is 1. The molecule has 164 valence electrons. The summed E-state index contributed by atoms with van der Waals surface area (Å²) in [5.41, 5.74) is 2.71. The lowest BCUT2D eigenvalue weighted by Crippen LogP contribution is -2.33. The van der Waals surface area contributed by atoms with E-state index in [4.69, 9.17) is 14.3 Å². The maximum Gasteiger partial charge on any atom is 0.291 e. The van der Waals surface area contributed by atoms with Crippen LogP contribution < -0.4 is 5.32 Å². The lowest BCUT2D eigenvalue weighted by molar-refractivity contribution is -0.0226. The highest BCUT2D eigenvalue weighted by atomic mass is 16.5. The van der Waals surface area contributed by atoms with Gasteiger partial charge in [0.15, 0.2) is 5.76 Å². The molecule has 0 bridgehead atoms. The van der Waals surface area contributed by atoms with Crippen molar-refractivity contribution in [1.29, 1.82) is 0 Å². The van der Waals surface area contributed by atoms with Gasteiger partial charge in [0.05, 0.1) is 35.3 Å². The molecule has 9 heteroatoms. The highest BCUT2D eigenvalue weighted by Crippen LogP contribution is 2.37. The minimum atomic E-state index is -0.349. The molecule has 0 spiro atoms. The molecule has 5 rings (SSSR count). The number of anilines is 1. The van der Waals surface area contributed by atoms with Crippen LogP contribution in [0.25, 0.3) is 22.7 Å². The SMILES string of the molecule is CCOC1CC(n2cc(NC(=O)c3ccc(-c4cnn(C)c4)o3)c(-c3ccccn3)n2)C1. The van der Waals surface area contributed by atoms with Crippen molar-refractivity contribution in [3.63, 3.8) is 0 Å². The number of hydrogen-bond donors (Lipinski definition) is 1. The van der Waals surface area contributed by atoms with Crippen LogP contribution in [-0.2, 0) is 11.8 Å². The Kier molecular flexibility index (Phi) is 5.32. The highest BCUT2D eigenvalue weighted by molar-refractivity contribution is 6.04. The number of rotatable bonds is 7. The number of furan rings is 1. The average molecular weight is 432 g/mol. The summed E-state index contributed by atoms with van der Waals surface area (Å²) in [6.45, 7) is 2.71. The number of pyridine rings is 1. The molecule has 9 nitrogen and oxygen atoms in total. The molecule has 4 heterocycles. The van der Waals surface area contributed by atoms with Gasteiger partial charge in [0.1, 0.15) is 11.5 Å². The van der Waals surface area contributed by atoms with Gasteiger partial charge >= 0.3 is 0 Å². The molecular weight excluding hydrogens is 408 g/mol. The summed E-state index contributed by atoms with van der Waals surface area (Å²) in [7, 11) is 1.83. The fourth-order valence-corrected chi connectivity index (χ4v) is 3.84. The lowest BCUT2D eigenvalue weighted by Gasteiger charge is -2.34. The van der Waals surface area contributed by atoms with Crippen molar-refractivity contribution in [3.05, 3.63) is 60.9 Å². The Morgan fingerprint density at radius 2 is 2.12 bits per heavy atom. The summed E-state index contributed by atoms with van der Waals surface area (Å²) in [6.07, 6.45) is 9.16. The molecule has 0 aromatic carbocycles. The molecule has 0 atom stereocenters. The predicted octanol–water partition coefficient (Wildman–Crippen LogP) is 3.93. The van der Waals surface area contributed by atoms with Gasteiger partial charge < -0.3 is 14.5 Å². The maximum atomic E-state index is 12.9. The molecule has 0 saturated heterocycles. The average Bonchev–Trinajstić information content (AvgIpc) is 3.50. The highest BCUT2D eigenvalue weighted by Gasteiger charge is 2.32. The summed E-state index contributed by atoms with van der Waals surface area (Å²) < 4.78 is 15.0. The van der Waals surface area contributed by atoms with Gasteiger partial charge in [0, 0.05) is 32.2 Å². The van der Waals surface area contributed by atoms with Gasteiger partial charge in [-0.25, -0.2) is 0 Å². The zero-order valence-electron chi connectivity index (χ0n) is 17.9. The summed E-state index contributed by atoms with van der Waals surface area (Å²) in [5.74, 6) is 0.446. The molecule has 0 aliphatic heterocycles. The zero-order valence-corrected chi connectivity index (χ0v) is 17.9. The van der Waals surface area contributed by atoms with E-state index in [-0.39, 0.29) is 23.8 Å². The first-order chi connectivity index (χ1) is 15.6. The van der Waals surface area contributed by atoms with Crippen molar-refractivity contribution in [2.75, 3.05) is 11.9 Å². The Labute approximate surface area is 185 Å². The van der Waals surface area contributed by atoms with E-state index >= 15 is 0 Å². The Morgan fingerprint density at radius 3 is 2.84 bits per heavy atom. The van der Waals surface area contributed by atoms with Crippen LogP contribution in [0.15, 0.2) is 59.5 Å². The first-order valence-corrected chi connectivity index (χ1v) is 10.6. The number of hydrogen-bond acceptors (Lipinski definition) is 6. The standard InChI is InChI=1S/C23H24N6O3/c1-3-31-17-10-16(11-17)29-14-19(22(27-29)18-6-4-5-9-24-18)26-23(30)21-8-7-20(32-21)15-12-25-28(2)13-15/h4-9,12-14,16-17H,3,10-11H2,1-2H3,(H,26,30). The van der Waals surface area contributed by atoms with E-state index in [1.165, 1.54) is 0 Å². The summed E-state index contributed by atoms with van der Waals surface area (Å²) in [4.78, 5) is 17.4. The number of amides is 1. The van der Waals surface area contributed by atoms with E-state index < -0.39 is 0 Å². The minimum Gasteiger partial charge on any atom is -0.451 e. The summed E-state index contributed by atoms with van der Waals surface area (Å²) in [6, 6.07) is 9.27. The molecule has 1 amide bonds. The second kappa shape index (κ2) is 8.43. The molecule has 0 unspecified atom stereocenters. The number of carbonyl (C=O) groups is 1. The summed E-state index contributed by atoms with van der Waals surface area (Å²) in [5, 5.41) is 11.8. The third kappa shape index (κ3) is 3.94. The normalized spacial score (nSPS) is 17.8. The Bertz CT molecular complexity index is 1220. The quantitative estimate of drug-likeness (QED) is 0.475. The fourth-order valence-electron chi connectivity index (χ4n) is 3.84.